The summed E-state index contributed by atoms with van der Waals surface area (Å²) in [5.41, 5.74) is 0. The lowest BCUT2D eigenvalue weighted by atomic mass is 9.94. The molecule has 18 heavy (non-hydrogen) atoms. The first-order valence-electron chi connectivity index (χ1n) is 8.47. The molecule has 0 aromatic heterocycles. The summed E-state index contributed by atoms with van der Waals surface area (Å²) in [7, 11) is 0. The topological polar surface area (TPSA) is 12.0 Å². The maximum Gasteiger partial charge on any atom is 0.00694 e. The van der Waals surface area contributed by atoms with Crippen LogP contribution in [0.5, 0.6) is 0 Å². The molecule has 2 unspecified atom stereocenters. The average Bonchev–Trinajstić information content (AvgIpc) is 2.34. The lowest BCUT2D eigenvalue weighted by Crippen LogP contribution is -2.30. The Balaban J connectivity index is 3.62. The van der Waals surface area contributed by atoms with Crippen LogP contribution in [0.1, 0.15) is 91.9 Å². The van der Waals surface area contributed by atoms with Crippen molar-refractivity contribution in [3.05, 3.63) is 0 Å². The molecule has 0 heterocycles. The van der Waals surface area contributed by atoms with E-state index in [0.29, 0.717) is 0 Å². The van der Waals surface area contributed by atoms with Crippen molar-refractivity contribution in [2.24, 2.45) is 5.92 Å². The van der Waals surface area contributed by atoms with E-state index in [-0.39, 0.29) is 0 Å². The van der Waals surface area contributed by atoms with Crippen LogP contribution in [0, 0.1) is 5.92 Å². The van der Waals surface area contributed by atoms with Crippen LogP contribution in [0.3, 0.4) is 0 Å². The first-order valence-corrected chi connectivity index (χ1v) is 8.47. The number of hydrogen-bond donors (Lipinski definition) is 1. The van der Waals surface area contributed by atoms with Crippen molar-refractivity contribution < 1.29 is 0 Å². The Bertz CT molecular complexity index is 156. The molecule has 0 aliphatic heterocycles. The zero-order valence-electron chi connectivity index (χ0n) is 13.4. The molecular formula is C17H37N. The van der Waals surface area contributed by atoms with Gasteiger partial charge in [-0.25, -0.2) is 0 Å². The van der Waals surface area contributed by atoms with Gasteiger partial charge in [-0.05, 0) is 25.3 Å². The molecule has 0 aliphatic rings. The minimum Gasteiger partial charge on any atom is -0.314 e. The van der Waals surface area contributed by atoms with Gasteiger partial charge in [0.1, 0.15) is 0 Å². The van der Waals surface area contributed by atoms with Crippen molar-refractivity contribution >= 4 is 0 Å². The van der Waals surface area contributed by atoms with Gasteiger partial charge in [0.05, 0.1) is 0 Å². The zero-order chi connectivity index (χ0) is 13.6. The maximum absolute atomic E-state index is 3.67. The fraction of sp³-hybridized carbons (Fsp3) is 1.00. The van der Waals surface area contributed by atoms with Gasteiger partial charge in [0.2, 0.25) is 0 Å². The van der Waals surface area contributed by atoms with Crippen LogP contribution in [0.15, 0.2) is 0 Å². The Morgan fingerprint density at radius 2 is 1.44 bits per heavy atom. The maximum atomic E-state index is 3.67. The second-order valence-corrected chi connectivity index (χ2v) is 5.94. The molecule has 0 radical (unpaired) electrons. The fourth-order valence-corrected chi connectivity index (χ4v) is 2.86. The van der Waals surface area contributed by atoms with Gasteiger partial charge in [-0.1, -0.05) is 79.1 Å². The van der Waals surface area contributed by atoms with Crippen LogP contribution in [0.2, 0.25) is 0 Å². The van der Waals surface area contributed by atoms with Gasteiger partial charge in [-0.3, -0.25) is 0 Å². The standard InChI is InChI=1S/C17H37N/c1-5-8-9-10-11-12-14-17(18-7-3)15-16(4)13-6-2/h16-18H,5-15H2,1-4H3. The van der Waals surface area contributed by atoms with Crippen molar-refractivity contribution in [1.29, 1.82) is 0 Å². The summed E-state index contributed by atoms with van der Waals surface area (Å²) in [6, 6.07) is 0.766. The molecule has 0 saturated heterocycles. The Hall–Kier alpha value is -0.0400. The predicted molar refractivity (Wildman–Crippen MR) is 84.1 cm³/mol. The van der Waals surface area contributed by atoms with Crippen molar-refractivity contribution in [1.82, 2.24) is 5.32 Å². The number of unbranched alkanes of at least 4 members (excludes halogenated alkanes) is 5. The predicted octanol–water partition coefficient (Wildman–Crippen LogP) is 5.54. The summed E-state index contributed by atoms with van der Waals surface area (Å²) in [6.07, 6.45) is 14.0. The summed E-state index contributed by atoms with van der Waals surface area (Å²) in [4.78, 5) is 0. The van der Waals surface area contributed by atoms with E-state index in [1.54, 1.807) is 0 Å². The summed E-state index contributed by atoms with van der Waals surface area (Å²) in [5, 5.41) is 3.67. The van der Waals surface area contributed by atoms with Crippen molar-refractivity contribution in [3.8, 4) is 0 Å². The van der Waals surface area contributed by atoms with Crippen LogP contribution in [-0.2, 0) is 0 Å². The molecule has 0 amide bonds. The smallest absolute Gasteiger partial charge is 0.00694 e. The molecule has 0 rings (SSSR count). The van der Waals surface area contributed by atoms with Gasteiger partial charge in [0.15, 0.2) is 0 Å². The van der Waals surface area contributed by atoms with E-state index in [2.05, 4.69) is 33.0 Å². The molecule has 1 heteroatoms. The first kappa shape index (κ1) is 18.0. The lowest BCUT2D eigenvalue weighted by Gasteiger charge is -2.21. The van der Waals surface area contributed by atoms with E-state index >= 15 is 0 Å². The van der Waals surface area contributed by atoms with E-state index in [0.717, 1.165) is 18.5 Å². The summed E-state index contributed by atoms with van der Waals surface area (Å²) in [5.74, 6) is 0.888. The SMILES string of the molecule is CCCCCCCCC(CC(C)CCC)NCC. The zero-order valence-corrected chi connectivity index (χ0v) is 13.4. The van der Waals surface area contributed by atoms with Crippen LogP contribution in [0.25, 0.3) is 0 Å². The molecule has 0 aliphatic carbocycles. The van der Waals surface area contributed by atoms with E-state index in [9.17, 15) is 0 Å². The molecule has 0 saturated carbocycles. The Kier molecular flexibility index (Phi) is 13.4. The summed E-state index contributed by atoms with van der Waals surface area (Å²) in [6.45, 7) is 10.4. The van der Waals surface area contributed by atoms with Crippen LogP contribution in [-0.4, -0.2) is 12.6 Å². The van der Waals surface area contributed by atoms with Gasteiger partial charge in [0.25, 0.3) is 0 Å². The Morgan fingerprint density at radius 3 is 2.06 bits per heavy atom. The number of rotatable bonds is 13. The molecule has 0 fully saturated rings. The third kappa shape index (κ3) is 11.1. The molecule has 1 N–H and O–H groups in total. The number of hydrogen-bond acceptors (Lipinski definition) is 1. The van der Waals surface area contributed by atoms with Crippen molar-refractivity contribution in [2.45, 2.75) is 97.9 Å². The number of nitrogens with one attached hydrogen (secondary N) is 1. The third-order valence-corrected chi connectivity index (χ3v) is 3.87. The van der Waals surface area contributed by atoms with Crippen molar-refractivity contribution in [3.63, 3.8) is 0 Å². The van der Waals surface area contributed by atoms with E-state index < -0.39 is 0 Å². The quantitative estimate of drug-likeness (QED) is 0.426. The minimum atomic E-state index is 0.766. The second-order valence-electron chi connectivity index (χ2n) is 5.94. The fourth-order valence-electron chi connectivity index (χ4n) is 2.86. The monoisotopic (exact) mass is 255 g/mol. The van der Waals surface area contributed by atoms with Gasteiger partial charge < -0.3 is 5.32 Å². The van der Waals surface area contributed by atoms with Crippen LogP contribution in [0.4, 0.5) is 0 Å². The molecule has 110 valence electrons. The highest BCUT2D eigenvalue weighted by molar-refractivity contribution is 4.69. The molecule has 2 atom stereocenters. The minimum absolute atomic E-state index is 0.766. The molecule has 0 aromatic rings. The van der Waals surface area contributed by atoms with Crippen molar-refractivity contribution in [2.75, 3.05) is 6.54 Å². The Labute approximate surface area is 116 Å². The Morgan fingerprint density at radius 1 is 0.778 bits per heavy atom. The summed E-state index contributed by atoms with van der Waals surface area (Å²) >= 11 is 0. The lowest BCUT2D eigenvalue weighted by molar-refractivity contribution is 0.362. The van der Waals surface area contributed by atoms with Gasteiger partial charge >= 0.3 is 0 Å². The summed E-state index contributed by atoms with van der Waals surface area (Å²) < 4.78 is 0. The van der Waals surface area contributed by atoms with Crippen LogP contribution < -0.4 is 5.32 Å². The van der Waals surface area contributed by atoms with E-state index in [4.69, 9.17) is 0 Å². The highest BCUT2D eigenvalue weighted by atomic mass is 14.9. The normalized spacial score (nSPS) is 14.7. The molecule has 0 bridgehead atoms. The molecular weight excluding hydrogens is 218 g/mol. The van der Waals surface area contributed by atoms with Crippen LogP contribution >= 0.6 is 0 Å². The largest absolute Gasteiger partial charge is 0.314 e. The third-order valence-electron chi connectivity index (χ3n) is 3.87. The van der Waals surface area contributed by atoms with Gasteiger partial charge in [-0.15, -0.1) is 0 Å². The highest BCUT2D eigenvalue weighted by Crippen LogP contribution is 2.17. The first-order chi connectivity index (χ1) is 8.74. The average molecular weight is 255 g/mol. The highest BCUT2D eigenvalue weighted by Gasteiger charge is 2.11. The molecule has 1 nitrogen and oxygen atoms in total. The molecule has 0 spiro atoms. The molecule has 0 aromatic carbocycles. The van der Waals surface area contributed by atoms with E-state index in [1.165, 1.54) is 64.2 Å². The van der Waals surface area contributed by atoms with Gasteiger partial charge in [0, 0.05) is 6.04 Å². The second kappa shape index (κ2) is 13.4. The van der Waals surface area contributed by atoms with E-state index in [1.807, 2.05) is 0 Å². The van der Waals surface area contributed by atoms with Gasteiger partial charge in [-0.2, -0.15) is 0 Å².